The molecular formula is C23H23N7O2S. The number of nitrogens with one attached hydrogen (secondary N) is 1. The summed E-state index contributed by atoms with van der Waals surface area (Å²) in [4.78, 5) is 9.40. The van der Waals surface area contributed by atoms with Gasteiger partial charge in [0.2, 0.25) is 0 Å². The minimum Gasteiger partial charge on any atom is -0.494 e. The molecule has 0 bridgehead atoms. The van der Waals surface area contributed by atoms with Crippen LogP contribution in [0.15, 0.2) is 42.7 Å². The van der Waals surface area contributed by atoms with Crippen LogP contribution < -0.4 is 20.5 Å². The molecule has 0 atom stereocenters. The highest BCUT2D eigenvalue weighted by molar-refractivity contribution is 7.22. The first kappa shape index (κ1) is 19.9. The van der Waals surface area contributed by atoms with E-state index in [-0.39, 0.29) is 0 Å². The van der Waals surface area contributed by atoms with Crippen molar-refractivity contribution >= 4 is 44.1 Å². The van der Waals surface area contributed by atoms with Gasteiger partial charge in [0.25, 0.3) is 0 Å². The molecule has 1 aliphatic rings. The quantitative estimate of drug-likeness (QED) is 0.371. The van der Waals surface area contributed by atoms with E-state index in [0.29, 0.717) is 19.0 Å². The van der Waals surface area contributed by atoms with E-state index in [4.69, 9.17) is 20.2 Å². The zero-order valence-electron chi connectivity index (χ0n) is 18.1. The molecule has 3 N–H and O–H groups in total. The fraction of sp³-hybridized carbons (Fsp3) is 0.261. The number of hydrogen-bond acceptors (Lipinski definition) is 8. The predicted molar refractivity (Wildman–Crippen MR) is 130 cm³/mol. The highest BCUT2D eigenvalue weighted by atomic mass is 32.1. The maximum Gasteiger partial charge on any atom is 0.152 e. The number of ether oxygens (including phenoxy) is 2. The van der Waals surface area contributed by atoms with Gasteiger partial charge in [-0.1, -0.05) is 0 Å². The Bertz CT molecular complexity index is 1460. The number of rotatable bonds is 6. The summed E-state index contributed by atoms with van der Waals surface area (Å²) in [6.45, 7) is 2.09. The SMILES string of the molecule is Cn1c(CCCOc2ccc3c(c2)NCCO3)nc2c(N)nc3cc(-n4cccn4)sc3c21. The normalized spacial score (nSPS) is 13.1. The zero-order chi connectivity index (χ0) is 22.4. The Morgan fingerprint density at radius 3 is 3.09 bits per heavy atom. The summed E-state index contributed by atoms with van der Waals surface area (Å²) in [5.74, 6) is 3.11. The van der Waals surface area contributed by atoms with E-state index in [1.165, 1.54) is 0 Å². The number of thiophene rings is 1. The van der Waals surface area contributed by atoms with Crippen LogP contribution in [0.1, 0.15) is 12.2 Å². The summed E-state index contributed by atoms with van der Waals surface area (Å²) in [5.41, 5.74) is 9.87. The van der Waals surface area contributed by atoms with Crippen molar-refractivity contribution in [3.63, 3.8) is 0 Å². The number of hydrogen-bond donors (Lipinski definition) is 2. The second-order valence-corrected chi connectivity index (χ2v) is 8.95. The highest BCUT2D eigenvalue weighted by Crippen LogP contribution is 2.35. The fourth-order valence-electron chi connectivity index (χ4n) is 4.15. The second kappa shape index (κ2) is 7.96. The molecule has 0 radical (unpaired) electrons. The van der Waals surface area contributed by atoms with E-state index in [9.17, 15) is 0 Å². The molecule has 0 amide bonds. The van der Waals surface area contributed by atoms with Crippen LogP contribution in [0.3, 0.4) is 0 Å². The smallest absolute Gasteiger partial charge is 0.152 e. The number of aromatic nitrogens is 5. The minimum atomic E-state index is 0.448. The van der Waals surface area contributed by atoms with Crippen molar-refractivity contribution in [1.29, 1.82) is 0 Å². The van der Waals surface area contributed by atoms with Gasteiger partial charge >= 0.3 is 0 Å². The molecule has 0 saturated heterocycles. The maximum atomic E-state index is 6.27. The van der Waals surface area contributed by atoms with Gasteiger partial charge in [-0.2, -0.15) is 5.10 Å². The van der Waals surface area contributed by atoms with Gasteiger partial charge in [0.15, 0.2) is 5.82 Å². The molecule has 1 aliphatic heterocycles. The summed E-state index contributed by atoms with van der Waals surface area (Å²) in [6.07, 6.45) is 5.29. The third-order valence-corrected chi connectivity index (χ3v) is 6.88. The Kier molecular flexibility index (Phi) is 4.79. The van der Waals surface area contributed by atoms with Crippen LogP contribution in [0.25, 0.3) is 26.3 Å². The van der Waals surface area contributed by atoms with E-state index in [1.54, 1.807) is 17.5 Å². The van der Waals surface area contributed by atoms with Gasteiger partial charge in [-0.05, 0) is 24.6 Å². The van der Waals surface area contributed by atoms with E-state index in [0.717, 1.165) is 68.6 Å². The van der Waals surface area contributed by atoms with Gasteiger partial charge in [0, 0.05) is 44.5 Å². The van der Waals surface area contributed by atoms with Gasteiger partial charge in [-0.3, -0.25) is 0 Å². The molecular weight excluding hydrogens is 438 g/mol. The molecule has 0 spiro atoms. The number of benzene rings is 1. The maximum absolute atomic E-state index is 6.27. The standard InChI is InChI=1S/C23H23N7O2S/c1-29-18(4-2-10-31-14-5-6-17-15(12-14)25-8-11-32-17)28-20-21(29)22-16(27-23(20)24)13-19(33-22)30-9-3-7-26-30/h3,5-7,9,12-13,25H,2,4,8,10-11H2,1H3,(H2,24,27). The molecule has 1 aromatic carbocycles. The van der Waals surface area contributed by atoms with E-state index >= 15 is 0 Å². The number of fused-ring (bicyclic) bond motifs is 4. The number of nitrogens with two attached hydrogens (primary N) is 1. The molecule has 10 heteroatoms. The monoisotopic (exact) mass is 461 g/mol. The van der Waals surface area contributed by atoms with Crippen molar-refractivity contribution in [2.75, 3.05) is 30.8 Å². The summed E-state index contributed by atoms with van der Waals surface area (Å²) < 4.78 is 16.6. The summed E-state index contributed by atoms with van der Waals surface area (Å²) >= 11 is 1.64. The van der Waals surface area contributed by atoms with Crippen LogP contribution in [0.2, 0.25) is 0 Å². The number of nitrogens with zero attached hydrogens (tertiary/aromatic N) is 5. The van der Waals surface area contributed by atoms with Gasteiger partial charge in [-0.15, -0.1) is 11.3 Å². The molecule has 6 rings (SSSR count). The first-order valence-electron chi connectivity index (χ1n) is 10.9. The molecule has 0 saturated carbocycles. The molecule has 0 aliphatic carbocycles. The van der Waals surface area contributed by atoms with Crippen LogP contribution in [0.4, 0.5) is 11.5 Å². The lowest BCUT2D eigenvalue weighted by molar-refractivity contribution is 0.304. The Labute approximate surface area is 193 Å². The highest BCUT2D eigenvalue weighted by Gasteiger charge is 2.18. The van der Waals surface area contributed by atoms with Crippen LogP contribution >= 0.6 is 11.3 Å². The summed E-state index contributed by atoms with van der Waals surface area (Å²) in [5, 5.41) is 8.66. The van der Waals surface area contributed by atoms with Crippen molar-refractivity contribution < 1.29 is 9.47 Å². The van der Waals surface area contributed by atoms with Crippen molar-refractivity contribution in [3.05, 3.63) is 48.5 Å². The zero-order valence-corrected chi connectivity index (χ0v) is 18.9. The number of imidazole rings is 1. The van der Waals surface area contributed by atoms with Crippen molar-refractivity contribution in [2.24, 2.45) is 7.05 Å². The van der Waals surface area contributed by atoms with Gasteiger partial charge in [0.1, 0.15) is 34.4 Å². The Morgan fingerprint density at radius 1 is 1.27 bits per heavy atom. The average Bonchev–Trinajstić information content (AvgIpc) is 3.56. The predicted octanol–water partition coefficient (Wildman–Crippen LogP) is 3.77. The fourth-order valence-corrected chi connectivity index (χ4v) is 5.27. The summed E-state index contributed by atoms with van der Waals surface area (Å²) in [7, 11) is 2.03. The third kappa shape index (κ3) is 3.52. The largest absolute Gasteiger partial charge is 0.494 e. The lowest BCUT2D eigenvalue weighted by Gasteiger charge is -2.19. The molecule has 168 valence electrons. The first-order valence-corrected chi connectivity index (χ1v) is 11.7. The summed E-state index contributed by atoms with van der Waals surface area (Å²) in [6, 6.07) is 9.79. The van der Waals surface area contributed by atoms with Gasteiger partial charge < -0.3 is 25.1 Å². The molecule has 9 nitrogen and oxygen atoms in total. The van der Waals surface area contributed by atoms with Crippen molar-refractivity contribution in [3.8, 4) is 16.5 Å². The third-order valence-electron chi connectivity index (χ3n) is 5.76. The molecule has 5 heterocycles. The number of nitrogen functional groups attached to an aromatic ring is 1. The second-order valence-electron chi connectivity index (χ2n) is 7.92. The molecule has 0 unspecified atom stereocenters. The van der Waals surface area contributed by atoms with Crippen LogP contribution in [-0.4, -0.2) is 44.1 Å². The average molecular weight is 462 g/mol. The van der Waals surface area contributed by atoms with E-state index in [1.807, 2.05) is 48.3 Å². The lowest BCUT2D eigenvalue weighted by atomic mass is 10.2. The first-order chi connectivity index (χ1) is 16.2. The van der Waals surface area contributed by atoms with Gasteiger partial charge in [-0.25, -0.2) is 14.6 Å². The number of pyridine rings is 1. The van der Waals surface area contributed by atoms with Crippen LogP contribution in [0, 0.1) is 0 Å². The minimum absolute atomic E-state index is 0.448. The lowest BCUT2D eigenvalue weighted by Crippen LogP contribution is -2.17. The Hall–Kier alpha value is -3.79. The molecule has 0 fully saturated rings. The van der Waals surface area contributed by atoms with E-state index < -0.39 is 0 Å². The Balaban J connectivity index is 1.21. The van der Waals surface area contributed by atoms with Crippen molar-refractivity contribution in [1.82, 2.24) is 24.3 Å². The van der Waals surface area contributed by atoms with Gasteiger partial charge in [0.05, 0.1) is 28.0 Å². The van der Waals surface area contributed by atoms with Crippen molar-refractivity contribution in [2.45, 2.75) is 12.8 Å². The number of anilines is 2. The topological polar surface area (TPSA) is 105 Å². The Morgan fingerprint density at radius 2 is 2.21 bits per heavy atom. The van der Waals surface area contributed by atoms with Crippen LogP contribution in [0.5, 0.6) is 11.5 Å². The van der Waals surface area contributed by atoms with E-state index in [2.05, 4.69) is 20.0 Å². The number of aryl methyl sites for hydroxylation is 2. The van der Waals surface area contributed by atoms with Crippen LogP contribution in [-0.2, 0) is 13.5 Å². The molecule has 4 aromatic heterocycles. The molecule has 5 aromatic rings. The molecule has 33 heavy (non-hydrogen) atoms.